The van der Waals surface area contributed by atoms with Gasteiger partial charge in [0.1, 0.15) is 0 Å². The number of nitrogens with one attached hydrogen (secondary N) is 1. The summed E-state index contributed by atoms with van der Waals surface area (Å²) in [6.07, 6.45) is 2.53. The van der Waals surface area contributed by atoms with Gasteiger partial charge >= 0.3 is 0 Å². The van der Waals surface area contributed by atoms with E-state index in [9.17, 15) is 0 Å². The van der Waals surface area contributed by atoms with Gasteiger partial charge < -0.3 is 4.98 Å². The molecule has 0 aliphatic carbocycles. The summed E-state index contributed by atoms with van der Waals surface area (Å²) < 4.78 is 0. The van der Waals surface area contributed by atoms with Gasteiger partial charge in [-0.1, -0.05) is 36.3 Å². The summed E-state index contributed by atoms with van der Waals surface area (Å²) in [7, 11) is 3.61. The average Bonchev–Trinajstić information content (AvgIpc) is 2.67. The van der Waals surface area contributed by atoms with Crippen LogP contribution in [0, 0.1) is 0 Å². The summed E-state index contributed by atoms with van der Waals surface area (Å²) in [4.78, 5) is 7.80. The van der Waals surface area contributed by atoms with E-state index in [-0.39, 0.29) is 0 Å². The van der Waals surface area contributed by atoms with Crippen molar-refractivity contribution in [3.05, 3.63) is 24.3 Å². The quantitative estimate of drug-likeness (QED) is 0.628. The minimum Gasteiger partial charge on any atom is -0.332 e. The molecule has 0 aliphatic rings. The number of fused-ring (bicyclic) bond motifs is 1. The van der Waals surface area contributed by atoms with Crippen LogP contribution in [-0.2, 0) is 0 Å². The summed E-state index contributed by atoms with van der Waals surface area (Å²) in [5, 5.41) is 1.01. The predicted octanol–water partition coefficient (Wildman–Crippen LogP) is 4.10. The molecule has 2 rings (SSSR count). The number of imidazole rings is 1. The lowest BCUT2D eigenvalue weighted by Crippen LogP contribution is -1.74. The monoisotopic (exact) mass is 238 g/mol. The molecule has 4 heteroatoms. The Morgan fingerprint density at radius 1 is 1.33 bits per heavy atom. The second-order valence-corrected chi connectivity index (χ2v) is 5.72. The van der Waals surface area contributed by atoms with Gasteiger partial charge in [0.2, 0.25) is 0 Å². The van der Waals surface area contributed by atoms with E-state index in [4.69, 9.17) is 0 Å². The fourth-order valence-electron chi connectivity index (χ4n) is 1.27. The number of unbranched alkanes of at least 4 members (excludes halogenated alkanes) is 1. The first-order valence-corrected chi connectivity index (χ1v) is 7.46. The lowest BCUT2D eigenvalue weighted by molar-refractivity contribution is 0.898. The highest BCUT2D eigenvalue weighted by Crippen LogP contribution is 2.30. The number of H-pyrrole nitrogens is 1. The Morgan fingerprint density at radius 3 is 3.00 bits per heavy atom. The first-order valence-electron chi connectivity index (χ1n) is 5.14. The van der Waals surface area contributed by atoms with Crippen molar-refractivity contribution in [1.82, 2.24) is 9.97 Å². The number of benzene rings is 1. The molecule has 1 N–H and O–H groups in total. The highest BCUT2D eigenvalue weighted by atomic mass is 33.1. The van der Waals surface area contributed by atoms with Gasteiger partial charge in [0.15, 0.2) is 5.16 Å². The topological polar surface area (TPSA) is 28.7 Å². The molecule has 0 fully saturated rings. The lowest BCUT2D eigenvalue weighted by Gasteiger charge is -1.94. The van der Waals surface area contributed by atoms with Crippen LogP contribution in [0.5, 0.6) is 0 Å². The van der Waals surface area contributed by atoms with E-state index in [0.717, 1.165) is 16.2 Å². The Kier molecular flexibility index (Phi) is 3.97. The summed E-state index contributed by atoms with van der Waals surface area (Å²) in [5.74, 6) is 1.19. The Bertz CT molecular complexity index is 392. The molecule has 2 aromatic rings. The SMILES string of the molecule is CCCCSSc1nc2ccccc2[nH]1. The van der Waals surface area contributed by atoms with E-state index < -0.39 is 0 Å². The molecule has 15 heavy (non-hydrogen) atoms. The van der Waals surface area contributed by atoms with Crippen LogP contribution in [0.25, 0.3) is 11.0 Å². The second-order valence-electron chi connectivity index (χ2n) is 3.32. The molecule has 0 aliphatic heterocycles. The highest BCUT2D eigenvalue weighted by Gasteiger charge is 2.01. The number of rotatable bonds is 5. The summed E-state index contributed by atoms with van der Waals surface area (Å²) in [6.45, 7) is 2.21. The smallest absolute Gasteiger partial charge is 0.177 e. The van der Waals surface area contributed by atoms with Crippen molar-refractivity contribution in [1.29, 1.82) is 0 Å². The third kappa shape index (κ3) is 2.92. The van der Waals surface area contributed by atoms with Gasteiger partial charge in [0.25, 0.3) is 0 Å². The van der Waals surface area contributed by atoms with Crippen LogP contribution in [0.4, 0.5) is 0 Å². The number of hydrogen-bond donors (Lipinski definition) is 1. The second kappa shape index (κ2) is 5.47. The molecule has 0 spiro atoms. The van der Waals surface area contributed by atoms with Crippen molar-refractivity contribution in [2.24, 2.45) is 0 Å². The summed E-state index contributed by atoms with van der Waals surface area (Å²) >= 11 is 0. The average molecular weight is 238 g/mol. The maximum absolute atomic E-state index is 4.50. The molecule has 1 heterocycles. The van der Waals surface area contributed by atoms with E-state index in [1.54, 1.807) is 10.8 Å². The zero-order valence-corrected chi connectivity index (χ0v) is 10.3. The van der Waals surface area contributed by atoms with Crippen LogP contribution in [0.3, 0.4) is 0 Å². The van der Waals surface area contributed by atoms with Crippen LogP contribution in [-0.4, -0.2) is 15.7 Å². The normalized spacial score (nSPS) is 11.0. The van der Waals surface area contributed by atoms with Gasteiger partial charge in [0, 0.05) is 5.75 Å². The number of para-hydroxylation sites is 2. The molecule has 80 valence electrons. The molecule has 1 aromatic heterocycles. The van der Waals surface area contributed by atoms with Crippen molar-refractivity contribution in [3.8, 4) is 0 Å². The predicted molar refractivity (Wildman–Crippen MR) is 69.3 cm³/mol. The summed E-state index contributed by atoms with van der Waals surface area (Å²) in [5.41, 5.74) is 2.17. The van der Waals surface area contributed by atoms with Crippen molar-refractivity contribution in [3.63, 3.8) is 0 Å². The number of hydrogen-bond acceptors (Lipinski definition) is 3. The maximum atomic E-state index is 4.50. The Labute approximate surface area is 97.6 Å². The third-order valence-corrected chi connectivity index (χ3v) is 4.34. The first kappa shape index (κ1) is 10.9. The fraction of sp³-hybridized carbons (Fsp3) is 0.364. The molecule has 0 bridgehead atoms. The van der Waals surface area contributed by atoms with E-state index in [2.05, 4.69) is 23.0 Å². The van der Waals surface area contributed by atoms with Gasteiger partial charge in [-0.15, -0.1) is 0 Å². The number of aromatic nitrogens is 2. The zero-order valence-electron chi connectivity index (χ0n) is 8.69. The number of aromatic amines is 1. The van der Waals surface area contributed by atoms with Crippen LogP contribution in [0.1, 0.15) is 19.8 Å². The maximum Gasteiger partial charge on any atom is 0.177 e. The molecule has 0 radical (unpaired) electrons. The molecule has 2 nitrogen and oxygen atoms in total. The van der Waals surface area contributed by atoms with Crippen LogP contribution in [0.2, 0.25) is 0 Å². The zero-order chi connectivity index (χ0) is 10.5. The fourth-order valence-corrected chi connectivity index (χ4v) is 3.33. The van der Waals surface area contributed by atoms with E-state index in [1.165, 1.54) is 18.6 Å². The van der Waals surface area contributed by atoms with E-state index >= 15 is 0 Å². The molecule has 0 amide bonds. The summed E-state index contributed by atoms with van der Waals surface area (Å²) in [6, 6.07) is 8.14. The van der Waals surface area contributed by atoms with Crippen molar-refractivity contribution in [2.45, 2.75) is 24.9 Å². The molecule has 0 saturated heterocycles. The minimum absolute atomic E-state index is 1.01. The highest BCUT2D eigenvalue weighted by molar-refractivity contribution is 8.76. The first-order chi connectivity index (χ1) is 7.40. The standard InChI is InChI=1S/C11H14N2S2/c1-2-3-8-14-15-11-12-9-6-4-5-7-10(9)13-11/h4-7H,2-3,8H2,1H3,(H,12,13). The Hall–Kier alpha value is -0.610. The van der Waals surface area contributed by atoms with Crippen molar-refractivity contribution in [2.75, 3.05) is 5.75 Å². The molecule has 0 saturated carbocycles. The van der Waals surface area contributed by atoms with Crippen LogP contribution >= 0.6 is 21.6 Å². The Balaban J connectivity index is 1.97. The van der Waals surface area contributed by atoms with Gasteiger partial charge in [-0.3, -0.25) is 0 Å². The van der Waals surface area contributed by atoms with Gasteiger partial charge in [-0.25, -0.2) is 4.98 Å². The van der Waals surface area contributed by atoms with Crippen molar-refractivity contribution < 1.29 is 0 Å². The minimum atomic E-state index is 1.01. The Morgan fingerprint density at radius 2 is 2.20 bits per heavy atom. The largest absolute Gasteiger partial charge is 0.332 e. The number of nitrogens with zero attached hydrogens (tertiary/aromatic N) is 1. The van der Waals surface area contributed by atoms with Gasteiger partial charge in [-0.05, 0) is 29.3 Å². The van der Waals surface area contributed by atoms with E-state index in [1.807, 2.05) is 29.0 Å². The lowest BCUT2D eigenvalue weighted by atomic mass is 10.3. The molecular formula is C11H14N2S2. The molecule has 0 unspecified atom stereocenters. The molecule has 0 atom stereocenters. The van der Waals surface area contributed by atoms with Gasteiger partial charge in [0.05, 0.1) is 11.0 Å². The van der Waals surface area contributed by atoms with E-state index in [0.29, 0.717) is 0 Å². The van der Waals surface area contributed by atoms with Crippen molar-refractivity contribution >= 4 is 32.6 Å². The molecule has 1 aromatic carbocycles. The van der Waals surface area contributed by atoms with Crippen LogP contribution < -0.4 is 0 Å². The van der Waals surface area contributed by atoms with Crippen LogP contribution in [0.15, 0.2) is 29.4 Å². The third-order valence-electron chi connectivity index (χ3n) is 2.09. The van der Waals surface area contributed by atoms with Gasteiger partial charge in [-0.2, -0.15) is 0 Å². The molecular weight excluding hydrogens is 224 g/mol.